The molecule has 0 heterocycles. The van der Waals surface area contributed by atoms with E-state index in [4.69, 9.17) is 4.74 Å². The summed E-state index contributed by atoms with van der Waals surface area (Å²) in [5.74, 6) is 0.663. The van der Waals surface area contributed by atoms with Crippen LogP contribution < -0.4 is 0 Å². The van der Waals surface area contributed by atoms with Gasteiger partial charge in [-0.3, -0.25) is 0 Å². The average Bonchev–Trinajstić information content (AvgIpc) is 2.16. The van der Waals surface area contributed by atoms with E-state index in [1.54, 1.807) is 0 Å². The summed E-state index contributed by atoms with van der Waals surface area (Å²) in [4.78, 5) is 0. The van der Waals surface area contributed by atoms with E-state index in [0.29, 0.717) is 24.0 Å². The van der Waals surface area contributed by atoms with Crippen LogP contribution in [0, 0.1) is 5.92 Å². The number of ether oxygens (including phenoxy) is 1. The summed E-state index contributed by atoms with van der Waals surface area (Å²) in [6.07, 6.45) is 5.07. The molecule has 0 saturated heterocycles. The Hall–Kier alpha value is 0.400. The molecule has 78 valence electrons. The third-order valence-corrected chi connectivity index (χ3v) is 3.46. The zero-order valence-corrected chi connectivity index (χ0v) is 9.79. The van der Waals surface area contributed by atoms with E-state index < -0.39 is 0 Å². The second-order valence-corrected chi connectivity index (χ2v) is 4.59. The molecule has 3 heteroatoms. The van der Waals surface area contributed by atoms with E-state index in [1.807, 2.05) is 0 Å². The molecule has 2 nitrogen and oxygen atoms in total. The standard InChI is InChI=1S/C10H19BrO2/c1-8-4-2-3-5-10(8)13-7-9(12)6-11/h8-10,12H,2-7H2,1H3. The molecule has 1 rings (SSSR count). The predicted molar refractivity (Wildman–Crippen MR) is 57.2 cm³/mol. The Balaban J connectivity index is 2.18. The number of halogens is 1. The molecule has 0 aliphatic heterocycles. The molecule has 0 radical (unpaired) electrons. The molecule has 0 amide bonds. The van der Waals surface area contributed by atoms with Crippen LogP contribution in [0.25, 0.3) is 0 Å². The third kappa shape index (κ3) is 3.96. The molecule has 1 aliphatic rings. The van der Waals surface area contributed by atoms with Crippen molar-refractivity contribution in [1.82, 2.24) is 0 Å². The molecule has 1 fully saturated rings. The Bertz CT molecular complexity index is 141. The first-order valence-electron chi connectivity index (χ1n) is 5.09. The van der Waals surface area contributed by atoms with Crippen molar-refractivity contribution in [3.63, 3.8) is 0 Å². The highest BCUT2D eigenvalue weighted by molar-refractivity contribution is 9.09. The molecule has 0 aromatic rings. The maximum absolute atomic E-state index is 9.30. The van der Waals surface area contributed by atoms with E-state index in [2.05, 4.69) is 22.9 Å². The van der Waals surface area contributed by atoms with E-state index in [0.717, 1.165) is 6.42 Å². The Morgan fingerprint density at radius 2 is 2.15 bits per heavy atom. The molecular weight excluding hydrogens is 232 g/mol. The molecule has 13 heavy (non-hydrogen) atoms. The van der Waals surface area contributed by atoms with Gasteiger partial charge >= 0.3 is 0 Å². The lowest BCUT2D eigenvalue weighted by molar-refractivity contribution is -0.0398. The van der Waals surface area contributed by atoms with Gasteiger partial charge in [0.1, 0.15) is 0 Å². The number of aliphatic hydroxyl groups is 1. The van der Waals surface area contributed by atoms with Gasteiger partial charge in [0.2, 0.25) is 0 Å². The maximum Gasteiger partial charge on any atom is 0.0870 e. The zero-order chi connectivity index (χ0) is 9.68. The normalized spacial score (nSPS) is 31.6. The molecule has 3 unspecified atom stereocenters. The van der Waals surface area contributed by atoms with Gasteiger partial charge in [0.15, 0.2) is 0 Å². The topological polar surface area (TPSA) is 29.5 Å². The first-order valence-corrected chi connectivity index (χ1v) is 6.21. The van der Waals surface area contributed by atoms with Gasteiger partial charge < -0.3 is 9.84 Å². The quantitative estimate of drug-likeness (QED) is 0.777. The minimum Gasteiger partial charge on any atom is -0.390 e. The number of aliphatic hydroxyl groups excluding tert-OH is 1. The maximum atomic E-state index is 9.30. The van der Waals surface area contributed by atoms with Crippen LogP contribution in [-0.2, 0) is 4.74 Å². The minimum absolute atomic E-state index is 0.353. The molecule has 0 aromatic carbocycles. The number of hydrogen-bond acceptors (Lipinski definition) is 2. The fraction of sp³-hybridized carbons (Fsp3) is 1.00. The zero-order valence-electron chi connectivity index (χ0n) is 8.21. The summed E-state index contributed by atoms with van der Waals surface area (Å²) < 4.78 is 5.67. The first-order chi connectivity index (χ1) is 6.24. The van der Waals surface area contributed by atoms with E-state index >= 15 is 0 Å². The highest BCUT2D eigenvalue weighted by Gasteiger charge is 2.22. The summed E-state index contributed by atoms with van der Waals surface area (Å²) >= 11 is 3.22. The number of rotatable bonds is 4. The van der Waals surface area contributed by atoms with Crippen molar-refractivity contribution in [3.8, 4) is 0 Å². The van der Waals surface area contributed by atoms with Gasteiger partial charge in [0.25, 0.3) is 0 Å². The van der Waals surface area contributed by atoms with Gasteiger partial charge in [-0.05, 0) is 18.8 Å². The largest absolute Gasteiger partial charge is 0.390 e. The van der Waals surface area contributed by atoms with Crippen LogP contribution in [-0.4, -0.2) is 29.3 Å². The lowest BCUT2D eigenvalue weighted by atomic mass is 9.88. The van der Waals surface area contributed by atoms with E-state index in [-0.39, 0.29) is 6.10 Å². The Morgan fingerprint density at radius 1 is 1.46 bits per heavy atom. The van der Waals surface area contributed by atoms with Gasteiger partial charge in [-0.25, -0.2) is 0 Å². The molecule has 1 aliphatic carbocycles. The summed E-state index contributed by atoms with van der Waals surface area (Å²) in [7, 11) is 0. The third-order valence-electron chi connectivity index (χ3n) is 2.71. The molecule has 0 bridgehead atoms. The van der Waals surface area contributed by atoms with Gasteiger partial charge in [0.05, 0.1) is 18.8 Å². The van der Waals surface area contributed by atoms with Crippen molar-refractivity contribution in [1.29, 1.82) is 0 Å². The smallest absolute Gasteiger partial charge is 0.0870 e. The van der Waals surface area contributed by atoms with Crippen LogP contribution in [0.15, 0.2) is 0 Å². The second-order valence-electron chi connectivity index (χ2n) is 3.94. The summed E-state index contributed by atoms with van der Waals surface area (Å²) in [5.41, 5.74) is 0. The van der Waals surface area contributed by atoms with Crippen LogP contribution in [0.4, 0.5) is 0 Å². The monoisotopic (exact) mass is 250 g/mol. The van der Waals surface area contributed by atoms with Crippen molar-refractivity contribution in [2.75, 3.05) is 11.9 Å². The van der Waals surface area contributed by atoms with Gasteiger partial charge in [-0.1, -0.05) is 35.7 Å². The highest BCUT2D eigenvalue weighted by Crippen LogP contribution is 2.26. The first kappa shape index (κ1) is 11.5. The molecule has 3 atom stereocenters. The Kier molecular flexibility index (Phi) is 5.29. The summed E-state index contributed by atoms with van der Waals surface area (Å²) in [6.45, 7) is 2.71. The molecule has 0 spiro atoms. The SMILES string of the molecule is CC1CCCCC1OCC(O)CBr. The van der Waals surface area contributed by atoms with Crippen LogP contribution >= 0.6 is 15.9 Å². The van der Waals surface area contributed by atoms with Crippen LogP contribution in [0.5, 0.6) is 0 Å². The minimum atomic E-state index is -0.353. The van der Waals surface area contributed by atoms with E-state index in [1.165, 1.54) is 19.3 Å². The fourth-order valence-corrected chi connectivity index (χ4v) is 2.00. The molecule has 0 aromatic heterocycles. The second kappa shape index (κ2) is 5.99. The van der Waals surface area contributed by atoms with Crippen molar-refractivity contribution >= 4 is 15.9 Å². The van der Waals surface area contributed by atoms with Gasteiger partial charge in [0, 0.05) is 5.33 Å². The lowest BCUT2D eigenvalue weighted by Gasteiger charge is -2.29. The lowest BCUT2D eigenvalue weighted by Crippen LogP contribution is -2.29. The molecular formula is C10H19BrO2. The summed E-state index contributed by atoms with van der Waals surface area (Å²) in [5, 5.41) is 9.91. The van der Waals surface area contributed by atoms with Crippen molar-refractivity contribution in [2.45, 2.75) is 44.8 Å². The van der Waals surface area contributed by atoms with Crippen molar-refractivity contribution in [3.05, 3.63) is 0 Å². The van der Waals surface area contributed by atoms with Crippen LogP contribution in [0.1, 0.15) is 32.6 Å². The van der Waals surface area contributed by atoms with Gasteiger partial charge in [-0.2, -0.15) is 0 Å². The van der Waals surface area contributed by atoms with Crippen molar-refractivity contribution in [2.24, 2.45) is 5.92 Å². The Morgan fingerprint density at radius 3 is 2.77 bits per heavy atom. The predicted octanol–water partition coefficient (Wildman–Crippen LogP) is 2.34. The highest BCUT2D eigenvalue weighted by atomic mass is 79.9. The number of alkyl halides is 1. The summed E-state index contributed by atoms with van der Waals surface area (Å²) in [6, 6.07) is 0. The molecule has 1 N–H and O–H groups in total. The fourth-order valence-electron chi connectivity index (χ4n) is 1.81. The number of hydrogen-bond donors (Lipinski definition) is 1. The average molecular weight is 251 g/mol. The van der Waals surface area contributed by atoms with Crippen LogP contribution in [0.3, 0.4) is 0 Å². The molecule has 1 saturated carbocycles. The van der Waals surface area contributed by atoms with Crippen LogP contribution in [0.2, 0.25) is 0 Å². The van der Waals surface area contributed by atoms with Gasteiger partial charge in [-0.15, -0.1) is 0 Å². The van der Waals surface area contributed by atoms with Crippen molar-refractivity contribution < 1.29 is 9.84 Å². The Labute approximate surface area is 88.8 Å². The van der Waals surface area contributed by atoms with E-state index in [9.17, 15) is 5.11 Å².